The molecule has 13 heavy (non-hydrogen) atoms. The lowest BCUT2D eigenvalue weighted by molar-refractivity contribution is -0.134. The highest BCUT2D eigenvalue weighted by molar-refractivity contribution is 9.10. The van der Waals surface area contributed by atoms with Crippen LogP contribution in [0.25, 0.3) is 0 Å². The van der Waals surface area contributed by atoms with E-state index in [9.17, 15) is 4.79 Å². The minimum Gasteiger partial charge on any atom is -0.480 e. The number of hydrogen-bond acceptors (Lipinski definition) is 3. The van der Waals surface area contributed by atoms with Crippen molar-refractivity contribution in [1.82, 2.24) is 0 Å². The van der Waals surface area contributed by atoms with E-state index in [4.69, 9.17) is 10.8 Å². The summed E-state index contributed by atoms with van der Waals surface area (Å²) in [5, 5.41) is 11.1. The summed E-state index contributed by atoms with van der Waals surface area (Å²) in [5.41, 5.74) is 6.75. The van der Waals surface area contributed by atoms with Crippen LogP contribution >= 0.6 is 15.9 Å². The Morgan fingerprint density at radius 1 is 1.62 bits per heavy atom. The SMILES string of the molecule is Nc1ccc(Br)cc1NCC(=O)O. The van der Waals surface area contributed by atoms with Crippen LogP contribution in [-0.4, -0.2) is 17.6 Å². The summed E-state index contributed by atoms with van der Waals surface area (Å²) in [6.45, 7) is -0.138. The second-order valence-corrected chi connectivity index (χ2v) is 3.39. The van der Waals surface area contributed by atoms with E-state index < -0.39 is 5.97 Å². The molecule has 0 unspecified atom stereocenters. The maximum Gasteiger partial charge on any atom is 0.322 e. The molecule has 1 rings (SSSR count). The molecule has 0 saturated carbocycles. The summed E-state index contributed by atoms with van der Waals surface area (Å²) in [5.74, 6) is -0.917. The molecule has 0 aliphatic rings. The fourth-order valence-electron chi connectivity index (χ4n) is 0.852. The lowest BCUT2D eigenvalue weighted by Crippen LogP contribution is -2.13. The zero-order chi connectivity index (χ0) is 9.84. The van der Waals surface area contributed by atoms with E-state index in [2.05, 4.69) is 21.2 Å². The Balaban J connectivity index is 2.75. The monoisotopic (exact) mass is 244 g/mol. The number of rotatable bonds is 3. The molecule has 1 aromatic rings. The number of aliphatic carboxylic acids is 1. The van der Waals surface area contributed by atoms with Crippen molar-refractivity contribution in [2.45, 2.75) is 0 Å². The zero-order valence-electron chi connectivity index (χ0n) is 6.75. The van der Waals surface area contributed by atoms with Gasteiger partial charge in [0.25, 0.3) is 0 Å². The molecule has 0 saturated heterocycles. The average molecular weight is 245 g/mol. The average Bonchev–Trinajstić information content (AvgIpc) is 2.06. The van der Waals surface area contributed by atoms with Gasteiger partial charge in [-0.05, 0) is 18.2 Å². The van der Waals surface area contributed by atoms with Gasteiger partial charge in [0, 0.05) is 4.47 Å². The topological polar surface area (TPSA) is 75.3 Å². The van der Waals surface area contributed by atoms with Crippen molar-refractivity contribution in [1.29, 1.82) is 0 Å². The van der Waals surface area contributed by atoms with Crippen LogP contribution < -0.4 is 11.1 Å². The van der Waals surface area contributed by atoms with Gasteiger partial charge < -0.3 is 16.2 Å². The van der Waals surface area contributed by atoms with E-state index in [1.807, 2.05) is 0 Å². The van der Waals surface area contributed by atoms with E-state index in [1.54, 1.807) is 18.2 Å². The van der Waals surface area contributed by atoms with Crippen LogP contribution in [0, 0.1) is 0 Å². The molecule has 5 heteroatoms. The fraction of sp³-hybridized carbons (Fsp3) is 0.125. The van der Waals surface area contributed by atoms with Gasteiger partial charge in [-0.25, -0.2) is 0 Å². The van der Waals surface area contributed by atoms with Crippen LogP contribution in [-0.2, 0) is 4.79 Å². The third kappa shape index (κ3) is 2.95. The van der Waals surface area contributed by atoms with Crippen molar-refractivity contribution in [3.05, 3.63) is 22.7 Å². The molecule has 1 aromatic carbocycles. The second kappa shape index (κ2) is 4.13. The number of nitrogens with two attached hydrogens (primary N) is 1. The van der Waals surface area contributed by atoms with Crippen LogP contribution in [0.1, 0.15) is 0 Å². The van der Waals surface area contributed by atoms with Crippen LogP contribution in [0.5, 0.6) is 0 Å². The van der Waals surface area contributed by atoms with Crippen LogP contribution in [0.4, 0.5) is 11.4 Å². The summed E-state index contributed by atoms with van der Waals surface area (Å²) >= 11 is 3.26. The fourth-order valence-corrected chi connectivity index (χ4v) is 1.21. The molecule has 0 aliphatic heterocycles. The van der Waals surface area contributed by atoms with Gasteiger partial charge in [-0.3, -0.25) is 4.79 Å². The number of anilines is 2. The lowest BCUT2D eigenvalue weighted by atomic mass is 10.3. The van der Waals surface area contributed by atoms with E-state index in [0.717, 1.165) is 4.47 Å². The highest BCUT2D eigenvalue weighted by Gasteiger charge is 2.01. The number of carboxylic acids is 1. The maximum atomic E-state index is 10.3. The van der Waals surface area contributed by atoms with Gasteiger partial charge in [-0.1, -0.05) is 15.9 Å². The number of hydrogen-bond donors (Lipinski definition) is 3. The van der Waals surface area contributed by atoms with Crippen molar-refractivity contribution in [3.8, 4) is 0 Å². The number of nitrogen functional groups attached to an aromatic ring is 1. The maximum absolute atomic E-state index is 10.3. The first-order valence-electron chi connectivity index (χ1n) is 3.60. The first kappa shape index (κ1) is 9.85. The highest BCUT2D eigenvalue weighted by Crippen LogP contribution is 2.22. The standard InChI is InChI=1S/C8H9BrN2O2/c9-5-1-2-6(10)7(3-5)11-4-8(12)13/h1-3,11H,4,10H2,(H,12,13). The molecule has 0 heterocycles. The number of halogens is 1. The molecule has 4 nitrogen and oxygen atoms in total. The summed E-state index contributed by atoms with van der Waals surface area (Å²) in [7, 11) is 0. The van der Waals surface area contributed by atoms with E-state index in [-0.39, 0.29) is 6.54 Å². The molecule has 0 aromatic heterocycles. The van der Waals surface area contributed by atoms with Gasteiger partial charge in [0.2, 0.25) is 0 Å². The minimum absolute atomic E-state index is 0.138. The Labute approximate surface area is 83.9 Å². The molecule has 0 spiro atoms. The number of nitrogens with one attached hydrogen (secondary N) is 1. The molecular formula is C8H9BrN2O2. The van der Waals surface area contributed by atoms with Crippen molar-refractivity contribution >= 4 is 33.3 Å². The molecule has 0 aliphatic carbocycles. The summed E-state index contributed by atoms with van der Waals surface area (Å²) in [6, 6.07) is 5.23. The predicted molar refractivity (Wildman–Crippen MR) is 54.7 cm³/mol. The Hall–Kier alpha value is -1.23. The van der Waals surface area contributed by atoms with Crippen molar-refractivity contribution in [2.75, 3.05) is 17.6 Å². The first-order chi connectivity index (χ1) is 6.09. The Kier molecular flexibility index (Phi) is 3.13. The van der Waals surface area contributed by atoms with Gasteiger partial charge in [0.1, 0.15) is 6.54 Å². The quantitative estimate of drug-likeness (QED) is 0.706. The molecule has 70 valence electrons. The van der Waals surface area contributed by atoms with Gasteiger partial charge in [-0.2, -0.15) is 0 Å². The Morgan fingerprint density at radius 2 is 2.31 bits per heavy atom. The molecule has 0 amide bonds. The van der Waals surface area contributed by atoms with E-state index in [1.165, 1.54) is 0 Å². The van der Waals surface area contributed by atoms with E-state index in [0.29, 0.717) is 11.4 Å². The lowest BCUT2D eigenvalue weighted by Gasteiger charge is -2.06. The Bertz CT molecular complexity index is 328. The van der Waals surface area contributed by atoms with Gasteiger partial charge >= 0.3 is 5.97 Å². The largest absolute Gasteiger partial charge is 0.480 e. The highest BCUT2D eigenvalue weighted by atomic mass is 79.9. The molecule has 0 atom stereocenters. The van der Waals surface area contributed by atoms with Crippen LogP contribution in [0.15, 0.2) is 22.7 Å². The van der Waals surface area contributed by atoms with Crippen LogP contribution in [0.3, 0.4) is 0 Å². The smallest absolute Gasteiger partial charge is 0.322 e. The second-order valence-electron chi connectivity index (χ2n) is 2.48. The van der Waals surface area contributed by atoms with Gasteiger partial charge in [0.05, 0.1) is 11.4 Å². The first-order valence-corrected chi connectivity index (χ1v) is 4.39. The molecule has 0 bridgehead atoms. The summed E-state index contributed by atoms with van der Waals surface area (Å²) < 4.78 is 0.856. The Morgan fingerprint density at radius 3 is 2.92 bits per heavy atom. The third-order valence-electron chi connectivity index (χ3n) is 1.45. The molecule has 0 radical (unpaired) electrons. The summed E-state index contributed by atoms with van der Waals surface area (Å²) in [6.07, 6.45) is 0. The summed E-state index contributed by atoms with van der Waals surface area (Å²) in [4.78, 5) is 10.3. The molecule has 4 N–H and O–H groups in total. The number of benzene rings is 1. The number of carboxylic acid groups (broad SMARTS) is 1. The van der Waals surface area contributed by atoms with Gasteiger partial charge in [0.15, 0.2) is 0 Å². The zero-order valence-corrected chi connectivity index (χ0v) is 8.34. The van der Waals surface area contributed by atoms with Crippen molar-refractivity contribution < 1.29 is 9.90 Å². The predicted octanol–water partition coefficient (Wildman–Crippen LogP) is 1.53. The van der Waals surface area contributed by atoms with Crippen molar-refractivity contribution in [3.63, 3.8) is 0 Å². The minimum atomic E-state index is -0.917. The van der Waals surface area contributed by atoms with E-state index >= 15 is 0 Å². The molecular weight excluding hydrogens is 236 g/mol. The van der Waals surface area contributed by atoms with Crippen LogP contribution in [0.2, 0.25) is 0 Å². The molecule has 0 fully saturated rings. The number of carbonyl (C=O) groups is 1. The normalized spacial score (nSPS) is 9.62. The third-order valence-corrected chi connectivity index (χ3v) is 1.94. The van der Waals surface area contributed by atoms with Crippen molar-refractivity contribution in [2.24, 2.45) is 0 Å². The van der Waals surface area contributed by atoms with Gasteiger partial charge in [-0.15, -0.1) is 0 Å².